The van der Waals surface area contributed by atoms with Gasteiger partial charge in [-0.3, -0.25) is 0 Å². The fourth-order valence-electron chi connectivity index (χ4n) is 1.92. The van der Waals surface area contributed by atoms with Gasteiger partial charge in [-0.1, -0.05) is 30.7 Å². The van der Waals surface area contributed by atoms with Gasteiger partial charge in [0.2, 0.25) is 0 Å². The van der Waals surface area contributed by atoms with Crippen molar-refractivity contribution in [2.45, 2.75) is 19.6 Å². The lowest BCUT2D eigenvalue weighted by atomic mass is 10.1. The summed E-state index contributed by atoms with van der Waals surface area (Å²) in [6, 6.07) is 4.97. The van der Waals surface area contributed by atoms with E-state index < -0.39 is 12.7 Å². The largest absolute Gasteiger partial charge is 0.405 e. The summed E-state index contributed by atoms with van der Waals surface area (Å²) >= 11 is 6.05. The van der Waals surface area contributed by atoms with E-state index in [9.17, 15) is 13.2 Å². The van der Waals surface area contributed by atoms with E-state index in [-0.39, 0.29) is 18.2 Å². The molecule has 0 aliphatic carbocycles. The van der Waals surface area contributed by atoms with E-state index >= 15 is 0 Å². The molecule has 0 unspecified atom stereocenters. The van der Waals surface area contributed by atoms with Crippen LogP contribution in [0.1, 0.15) is 12.5 Å². The highest BCUT2D eigenvalue weighted by Crippen LogP contribution is 2.32. The number of hydrogen-bond acceptors (Lipinski definition) is 3. The number of aliphatic hydroxyl groups excluding tert-OH is 1. The van der Waals surface area contributed by atoms with E-state index in [2.05, 4.69) is 5.32 Å². The first kappa shape index (κ1) is 17.1. The Morgan fingerprint density at radius 3 is 2.60 bits per heavy atom. The number of anilines is 1. The molecule has 0 aromatic heterocycles. The first-order chi connectivity index (χ1) is 9.39. The molecule has 1 aromatic rings. The van der Waals surface area contributed by atoms with E-state index in [1.165, 1.54) is 0 Å². The van der Waals surface area contributed by atoms with Gasteiger partial charge in [-0.05, 0) is 18.2 Å². The van der Waals surface area contributed by atoms with Crippen molar-refractivity contribution >= 4 is 17.3 Å². The second-order valence-electron chi connectivity index (χ2n) is 4.29. The van der Waals surface area contributed by atoms with Crippen LogP contribution in [0.15, 0.2) is 18.2 Å². The van der Waals surface area contributed by atoms with Crippen molar-refractivity contribution in [3.8, 4) is 0 Å². The zero-order chi connectivity index (χ0) is 15.2. The molecule has 20 heavy (non-hydrogen) atoms. The number of aliphatic hydroxyl groups is 1. The van der Waals surface area contributed by atoms with Gasteiger partial charge in [0.05, 0.1) is 17.3 Å². The summed E-state index contributed by atoms with van der Waals surface area (Å²) in [5.41, 5.74) is 0.999. The fraction of sp³-hybridized carbons (Fsp3) is 0.538. The quantitative estimate of drug-likeness (QED) is 0.813. The van der Waals surface area contributed by atoms with Crippen LogP contribution in [0, 0.1) is 0 Å². The third kappa shape index (κ3) is 5.19. The zero-order valence-corrected chi connectivity index (χ0v) is 11.9. The molecule has 114 valence electrons. The summed E-state index contributed by atoms with van der Waals surface area (Å²) in [5, 5.41) is 12.3. The molecule has 0 heterocycles. The van der Waals surface area contributed by atoms with Gasteiger partial charge >= 0.3 is 6.18 Å². The second-order valence-corrected chi connectivity index (χ2v) is 4.70. The Kier molecular flexibility index (Phi) is 6.58. The van der Waals surface area contributed by atoms with E-state index in [0.717, 1.165) is 4.90 Å². The lowest BCUT2D eigenvalue weighted by Crippen LogP contribution is -2.37. The van der Waals surface area contributed by atoms with Gasteiger partial charge in [0.25, 0.3) is 0 Å². The molecule has 1 aromatic carbocycles. The lowest BCUT2D eigenvalue weighted by Gasteiger charge is -2.28. The molecule has 0 radical (unpaired) electrons. The molecule has 0 bridgehead atoms. The highest BCUT2D eigenvalue weighted by Gasteiger charge is 2.32. The van der Waals surface area contributed by atoms with Crippen LogP contribution in [0.2, 0.25) is 5.02 Å². The number of halogens is 4. The van der Waals surface area contributed by atoms with Gasteiger partial charge in [-0.2, -0.15) is 13.2 Å². The van der Waals surface area contributed by atoms with Crippen LogP contribution >= 0.6 is 11.6 Å². The summed E-state index contributed by atoms with van der Waals surface area (Å²) in [7, 11) is 0. The predicted octanol–water partition coefficient (Wildman–Crippen LogP) is 2.81. The number of hydrogen-bond donors (Lipinski definition) is 2. The minimum Gasteiger partial charge on any atom is -0.395 e. The molecule has 0 atom stereocenters. The summed E-state index contributed by atoms with van der Waals surface area (Å²) < 4.78 is 37.9. The van der Waals surface area contributed by atoms with Crippen molar-refractivity contribution in [1.82, 2.24) is 5.32 Å². The van der Waals surface area contributed by atoms with Crippen LogP contribution in [0.4, 0.5) is 18.9 Å². The van der Waals surface area contributed by atoms with E-state index in [1.54, 1.807) is 18.2 Å². The van der Waals surface area contributed by atoms with Crippen LogP contribution in [-0.4, -0.2) is 37.5 Å². The Morgan fingerprint density at radius 1 is 1.35 bits per heavy atom. The van der Waals surface area contributed by atoms with E-state index in [1.807, 2.05) is 6.92 Å². The van der Waals surface area contributed by atoms with E-state index in [4.69, 9.17) is 16.7 Å². The maximum atomic E-state index is 12.6. The molecule has 1 rings (SSSR count). The predicted molar refractivity (Wildman–Crippen MR) is 74.2 cm³/mol. The molecule has 3 nitrogen and oxygen atoms in total. The minimum absolute atomic E-state index is 0.123. The molecule has 0 fully saturated rings. The first-order valence-corrected chi connectivity index (χ1v) is 6.67. The smallest absolute Gasteiger partial charge is 0.395 e. The number of benzene rings is 1. The average Bonchev–Trinajstić information content (AvgIpc) is 2.34. The molecular weight excluding hydrogens is 293 g/mol. The number of nitrogens with zero attached hydrogens (tertiary/aromatic N) is 1. The number of nitrogens with one attached hydrogen (secondary N) is 1. The molecule has 0 amide bonds. The summed E-state index contributed by atoms with van der Waals surface area (Å²) in [6.45, 7) is 1.39. The van der Waals surface area contributed by atoms with Crippen LogP contribution in [-0.2, 0) is 6.54 Å². The Morgan fingerprint density at radius 2 is 2.05 bits per heavy atom. The van der Waals surface area contributed by atoms with Crippen molar-refractivity contribution in [2.24, 2.45) is 0 Å². The van der Waals surface area contributed by atoms with Gasteiger partial charge < -0.3 is 15.3 Å². The van der Waals surface area contributed by atoms with Crippen molar-refractivity contribution in [1.29, 1.82) is 0 Å². The first-order valence-electron chi connectivity index (χ1n) is 6.29. The average molecular weight is 311 g/mol. The lowest BCUT2D eigenvalue weighted by molar-refractivity contribution is -0.119. The minimum atomic E-state index is -4.36. The maximum absolute atomic E-state index is 12.6. The standard InChI is InChI=1S/C13H18ClF3N2O/c1-2-18-8-10-4-3-5-11(14)12(10)19(6-7-20)9-13(15,16)17/h3-5,18,20H,2,6-9H2,1H3. The zero-order valence-electron chi connectivity index (χ0n) is 11.2. The highest BCUT2D eigenvalue weighted by molar-refractivity contribution is 6.33. The maximum Gasteiger partial charge on any atom is 0.405 e. The number of rotatable bonds is 7. The van der Waals surface area contributed by atoms with Gasteiger partial charge in [0, 0.05) is 13.1 Å². The summed E-state index contributed by atoms with van der Waals surface area (Å²) in [4.78, 5) is 1.06. The molecule has 0 aliphatic heterocycles. The van der Waals surface area contributed by atoms with Crippen LogP contribution < -0.4 is 10.2 Å². The van der Waals surface area contributed by atoms with Gasteiger partial charge in [-0.15, -0.1) is 0 Å². The molecule has 2 N–H and O–H groups in total. The third-order valence-electron chi connectivity index (χ3n) is 2.69. The van der Waals surface area contributed by atoms with Gasteiger partial charge in [0.1, 0.15) is 6.54 Å². The molecule has 7 heteroatoms. The SMILES string of the molecule is CCNCc1cccc(Cl)c1N(CCO)CC(F)(F)F. The van der Waals surface area contributed by atoms with E-state index in [0.29, 0.717) is 24.3 Å². The van der Waals surface area contributed by atoms with Crippen LogP contribution in [0.5, 0.6) is 0 Å². The summed E-state index contributed by atoms with van der Waals surface area (Å²) in [5.74, 6) is 0. The van der Waals surface area contributed by atoms with Crippen molar-refractivity contribution < 1.29 is 18.3 Å². The third-order valence-corrected chi connectivity index (χ3v) is 3.00. The Labute approximate surface area is 121 Å². The second kappa shape index (κ2) is 7.71. The normalized spacial score (nSPS) is 11.7. The Balaban J connectivity index is 3.10. The Bertz CT molecular complexity index is 427. The van der Waals surface area contributed by atoms with Crippen molar-refractivity contribution in [3.05, 3.63) is 28.8 Å². The van der Waals surface area contributed by atoms with Crippen LogP contribution in [0.25, 0.3) is 0 Å². The monoisotopic (exact) mass is 310 g/mol. The molecular formula is C13H18ClF3N2O. The molecule has 0 saturated carbocycles. The fourth-order valence-corrected chi connectivity index (χ4v) is 2.24. The van der Waals surface area contributed by atoms with Gasteiger partial charge in [0.15, 0.2) is 0 Å². The topological polar surface area (TPSA) is 35.5 Å². The summed E-state index contributed by atoms with van der Waals surface area (Å²) in [6.07, 6.45) is -4.36. The molecule has 0 spiro atoms. The van der Waals surface area contributed by atoms with Crippen LogP contribution in [0.3, 0.4) is 0 Å². The number of para-hydroxylation sites is 1. The Hall–Kier alpha value is -0.980. The molecule has 0 saturated heterocycles. The number of alkyl halides is 3. The van der Waals surface area contributed by atoms with Crippen molar-refractivity contribution in [3.63, 3.8) is 0 Å². The molecule has 0 aliphatic rings. The van der Waals surface area contributed by atoms with Gasteiger partial charge in [-0.25, -0.2) is 0 Å². The highest BCUT2D eigenvalue weighted by atomic mass is 35.5. The van der Waals surface area contributed by atoms with Crippen molar-refractivity contribution in [2.75, 3.05) is 31.1 Å².